The number of aryl methyl sites for hydroxylation is 1. The number of hydrogen-bond donors (Lipinski definition) is 3. The van der Waals surface area contributed by atoms with E-state index in [1.54, 1.807) is 12.1 Å². The summed E-state index contributed by atoms with van der Waals surface area (Å²) in [5, 5.41) is 15.6. The van der Waals surface area contributed by atoms with Gasteiger partial charge in [-0.1, -0.05) is 42.7 Å². The Morgan fingerprint density at radius 1 is 0.972 bits per heavy atom. The number of carboxylic acids is 1. The smallest absolute Gasteiger partial charge is 0.339 e. The fourth-order valence-corrected chi connectivity index (χ4v) is 4.88. The molecule has 4 rings (SSSR count). The Kier molecular flexibility index (Phi) is 7.78. The standard InChI is InChI=1S/C29H33N3O4/c1-4-32(23-7-5-6-8-23)26-15-11-21(20-12-16-27(36-3)24(17-20)28(33)34)18-25(26)31-29(35)30-22-13-9-19(2)10-14-22/h9-18,23H,4-8H2,1-3H3,(H,33,34)(H2,30,31,35). The minimum absolute atomic E-state index is 0.0897. The minimum Gasteiger partial charge on any atom is -0.496 e. The zero-order valence-electron chi connectivity index (χ0n) is 21.0. The Morgan fingerprint density at radius 3 is 2.28 bits per heavy atom. The number of ether oxygens (including phenoxy) is 1. The number of nitrogens with zero attached hydrogens (tertiary/aromatic N) is 1. The van der Waals surface area contributed by atoms with Crippen LogP contribution in [0.15, 0.2) is 60.7 Å². The molecule has 0 atom stereocenters. The van der Waals surface area contributed by atoms with E-state index in [9.17, 15) is 14.7 Å². The number of carbonyl (C=O) groups is 2. The number of carboxylic acid groups (broad SMARTS) is 1. The SMILES string of the molecule is CCN(c1ccc(-c2ccc(OC)c(C(=O)O)c2)cc1NC(=O)Nc1ccc(C)cc1)C1CCCC1. The van der Waals surface area contributed by atoms with Gasteiger partial charge in [0.2, 0.25) is 0 Å². The molecule has 1 fully saturated rings. The van der Waals surface area contributed by atoms with Crippen molar-refractivity contribution >= 4 is 29.1 Å². The summed E-state index contributed by atoms with van der Waals surface area (Å²) in [4.78, 5) is 27.1. The molecule has 3 aromatic rings. The Hall–Kier alpha value is -4.00. The van der Waals surface area contributed by atoms with Crippen LogP contribution in [0.2, 0.25) is 0 Å². The Labute approximate surface area is 212 Å². The van der Waals surface area contributed by atoms with Gasteiger partial charge in [-0.15, -0.1) is 0 Å². The maximum Gasteiger partial charge on any atom is 0.339 e. The molecule has 188 valence electrons. The highest BCUT2D eigenvalue weighted by Crippen LogP contribution is 2.37. The zero-order chi connectivity index (χ0) is 25.7. The van der Waals surface area contributed by atoms with E-state index in [-0.39, 0.29) is 11.6 Å². The average Bonchev–Trinajstić information content (AvgIpc) is 3.41. The van der Waals surface area contributed by atoms with Crippen LogP contribution in [0.4, 0.5) is 21.9 Å². The van der Waals surface area contributed by atoms with Crippen LogP contribution in [0.25, 0.3) is 11.1 Å². The summed E-state index contributed by atoms with van der Waals surface area (Å²) in [6, 6.07) is 18.7. The summed E-state index contributed by atoms with van der Waals surface area (Å²) in [7, 11) is 1.45. The first kappa shape index (κ1) is 25.1. The second-order valence-electron chi connectivity index (χ2n) is 9.12. The van der Waals surface area contributed by atoms with Crippen molar-refractivity contribution in [1.82, 2.24) is 0 Å². The second-order valence-corrected chi connectivity index (χ2v) is 9.12. The van der Waals surface area contributed by atoms with Gasteiger partial charge in [0.15, 0.2) is 0 Å². The second kappa shape index (κ2) is 11.2. The van der Waals surface area contributed by atoms with E-state index in [0.717, 1.165) is 41.8 Å². The number of amides is 2. The lowest BCUT2D eigenvalue weighted by molar-refractivity contribution is 0.0693. The summed E-state index contributed by atoms with van der Waals surface area (Å²) in [5.74, 6) is -0.753. The van der Waals surface area contributed by atoms with Gasteiger partial charge in [0, 0.05) is 18.3 Å². The Bertz CT molecular complexity index is 1230. The van der Waals surface area contributed by atoms with E-state index in [2.05, 4.69) is 22.5 Å². The predicted molar refractivity (Wildman–Crippen MR) is 144 cm³/mol. The molecule has 1 aliphatic carbocycles. The molecule has 0 saturated heterocycles. The van der Waals surface area contributed by atoms with Crippen molar-refractivity contribution in [1.29, 1.82) is 0 Å². The third-order valence-corrected chi connectivity index (χ3v) is 6.73. The maximum absolute atomic E-state index is 13.0. The molecule has 0 radical (unpaired) electrons. The average molecular weight is 488 g/mol. The van der Waals surface area contributed by atoms with Gasteiger partial charge in [-0.2, -0.15) is 0 Å². The van der Waals surface area contributed by atoms with E-state index < -0.39 is 5.97 Å². The molecule has 0 bridgehead atoms. The topological polar surface area (TPSA) is 90.9 Å². The molecular weight excluding hydrogens is 454 g/mol. The van der Waals surface area contributed by atoms with Crippen molar-refractivity contribution < 1.29 is 19.4 Å². The first-order valence-corrected chi connectivity index (χ1v) is 12.4. The van der Waals surface area contributed by atoms with E-state index in [1.807, 2.05) is 55.5 Å². The predicted octanol–water partition coefficient (Wildman–Crippen LogP) is 6.78. The van der Waals surface area contributed by atoms with Gasteiger partial charge in [0.1, 0.15) is 11.3 Å². The lowest BCUT2D eigenvalue weighted by atomic mass is 10.0. The quantitative estimate of drug-likeness (QED) is 0.326. The largest absolute Gasteiger partial charge is 0.496 e. The molecule has 7 heteroatoms. The lowest BCUT2D eigenvalue weighted by Gasteiger charge is -2.32. The molecule has 0 unspecified atom stereocenters. The van der Waals surface area contributed by atoms with Crippen LogP contribution in [-0.4, -0.2) is 36.8 Å². The third kappa shape index (κ3) is 5.62. The molecule has 3 N–H and O–H groups in total. The molecule has 2 amide bonds. The molecule has 1 aliphatic rings. The summed E-state index contributed by atoms with van der Waals surface area (Å²) in [6.07, 6.45) is 4.68. The van der Waals surface area contributed by atoms with E-state index >= 15 is 0 Å². The van der Waals surface area contributed by atoms with E-state index in [1.165, 1.54) is 20.0 Å². The van der Waals surface area contributed by atoms with Gasteiger partial charge in [-0.25, -0.2) is 9.59 Å². The summed E-state index contributed by atoms with van der Waals surface area (Å²) < 4.78 is 5.21. The van der Waals surface area contributed by atoms with Crippen LogP contribution in [0.3, 0.4) is 0 Å². The van der Waals surface area contributed by atoms with Crippen LogP contribution in [-0.2, 0) is 0 Å². The Balaban J connectivity index is 1.70. The van der Waals surface area contributed by atoms with Gasteiger partial charge in [-0.05, 0) is 74.2 Å². The number of rotatable bonds is 8. The molecule has 0 spiro atoms. The molecule has 36 heavy (non-hydrogen) atoms. The highest BCUT2D eigenvalue weighted by atomic mass is 16.5. The number of nitrogens with one attached hydrogen (secondary N) is 2. The van der Waals surface area contributed by atoms with Gasteiger partial charge < -0.3 is 25.4 Å². The Morgan fingerprint density at radius 2 is 1.64 bits per heavy atom. The molecule has 3 aromatic carbocycles. The zero-order valence-corrected chi connectivity index (χ0v) is 21.0. The highest BCUT2D eigenvalue weighted by molar-refractivity contribution is 6.02. The van der Waals surface area contributed by atoms with Crippen LogP contribution in [0.1, 0.15) is 48.5 Å². The summed E-state index contributed by atoms with van der Waals surface area (Å²) in [5.41, 5.74) is 5.08. The van der Waals surface area contributed by atoms with Gasteiger partial charge in [0.25, 0.3) is 0 Å². The van der Waals surface area contributed by atoms with Crippen LogP contribution >= 0.6 is 0 Å². The fourth-order valence-electron chi connectivity index (χ4n) is 4.88. The van der Waals surface area contributed by atoms with E-state index in [4.69, 9.17) is 4.74 Å². The van der Waals surface area contributed by atoms with E-state index in [0.29, 0.717) is 23.2 Å². The number of aromatic carboxylic acids is 1. The molecular formula is C29H33N3O4. The van der Waals surface area contributed by atoms with Crippen molar-refractivity contribution in [2.45, 2.75) is 45.6 Å². The van der Waals surface area contributed by atoms with Crippen LogP contribution < -0.4 is 20.3 Å². The molecule has 0 aromatic heterocycles. The van der Waals surface area contributed by atoms with Gasteiger partial charge in [0.05, 0.1) is 18.5 Å². The van der Waals surface area contributed by atoms with Crippen molar-refractivity contribution in [2.75, 3.05) is 29.2 Å². The van der Waals surface area contributed by atoms with Gasteiger partial charge >= 0.3 is 12.0 Å². The maximum atomic E-state index is 13.0. The number of methoxy groups -OCH3 is 1. The lowest BCUT2D eigenvalue weighted by Crippen LogP contribution is -2.34. The number of carbonyl (C=O) groups excluding carboxylic acids is 1. The van der Waals surface area contributed by atoms with Crippen molar-refractivity contribution in [3.8, 4) is 16.9 Å². The number of anilines is 3. The monoisotopic (exact) mass is 487 g/mol. The van der Waals surface area contributed by atoms with Gasteiger partial charge in [-0.3, -0.25) is 0 Å². The first-order valence-electron chi connectivity index (χ1n) is 12.4. The molecule has 1 saturated carbocycles. The summed E-state index contributed by atoms with van der Waals surface area (Å²) >= 11 is 0. The van der Waals surface area contributed by atoms with Crippen molar-refractivity contribution in [2.24, 2.45) is 0 Å². The van der Waals surface area contributed by atoms with Crippen LogP contribution in [0.5, 0.6) is 5.75 Å². The minimum atomic E-state index is -1.06. The molecule has 0 heterocycles. The van der Waals surface area contributed by atoms with Crippen LogP contribution in [0, 0.1) is 6.92 Å². The number of urea groups is 1. The highest BCUT2D eigenvalue weighted by Gasteiger charge is 2.24. The molecule has 7 nitrogen and oxygen atoms in total. The van der Waals surface area contributed by atoms with Crippen molar-refractivity contribution in [3.63, 3.8) is 0 Å². The molecule has 0 aliphatic heterocycles. The summed E-state index contributed by atoms with van der Waals surface area (Å²) in [6.45, 7) is 4.95. The first-order chi connectivity index (χ1) is 17.4. The number of hydrogen-bond acceptors (Lipinski definition) is 4. The van der Waals surface area contributed by atoms with Crippen molar-refractivity contribution in [3.05, 3.63) is 71.8 Å². The third-order valence-electron chi connectivity index (χ3n) is 6.73. The normalized spacial score (nSPS) is 13.3. The fraction of sp³-hybridized carbons (Fsp3) is 0.310. The number of benzene rings is 3.